The Hall–Kier alpha value is -0.0800. The van der Waals surface area contributed by atoms with Gasteiger partial charge in [0.15, 0.2) is 0 Å². The van der Waals surface area contributed by atoms with Crippen molar-refractivity contribution in [1.29, 1.82) is 0 Å². The van der Waals surface area contributed by atoms with Crippen LogP contribution in [0, 0.1) is 5.92 Å². The molecule has 1 unspecified atom stereocenters. The van der Waals surface area contributed by atoms with Gasteiger partial charge in [-0.25, -0.2) is 0 Å². The zero-order chi connectivity index (χ0) is 9.86. The fraction of sp³-hybridized carbons (Fsp3) is 1.00. The molecular weight excluding hydrogens is 174 g/mol. The first-order valence-corrected chi connectivity index (χ1v) is 6.19. The quantitative estimate of drug-likeness (QED) is 0.701. The van der Waals surface area contributed by atoms with Crippen molar-refractivity contribution in [3.63, 3.8) is 0 Å². The number of rotatable bonds is 1. The molecule has 0 aromatic carbocycles. The SMILES string of the molecule is NCC1CCOC2(CCCCCC2)C1. The van der Waals surface area contributed by atoms with Gasteiger partial charge in [-0.2, -0.15) is 0 Å². The minimum Gasteiger partial charge on any atom is -0.375 e. The molecule has 0 bridgehead atoms. The number of hydrogen-bond donors (Lipinski definition) is 1. The molecule has 1 saturated carbocycles. The first-order valence-electron chi connectivity index (χ1n) is 6.19. The second-order valence-electron chi connectivity index (χ2n) is 5.04. The van der Waals surface area contributed by atoms with Gasteiger partial charge in [0.25, 0.3) is 0 Å². The van der Waals surface area contributed by atoms with E-state index in [1.54, 1.807) is 0 Å². The molecule has 82 valence electrons. The van der Waals surface area contributed by atoms with Crippen LogP contribution in [0.15, 0.2) is 0 Å². The van der Waals surface area contributed by atoms with Crippen molar-refractivity contribution >= 4 is 0 Å². The summed E-state index contributed by atoms with van der Waals surface area (Å²) in [7, 11) is 0. The predicted octanol–water partition coefficient (Wildman–Crippen LogP) is 2.46. The number of nitrogens with two attached hydrogens (primary N) is 1. The summed E-state index contributed by atoms with van der Waals surface area (Å²) < 4.78 is 6.06. The highest BCUT2D eigenvalue weighted by molar-refractivity contribution is 4.88. The van der Waals surface area contributed by atoms with Crippen LogP contribution in [-0.2, 0) is 4.74 Å². The van der Waals surface area contributed by atoms with Crippen molar-refractivity contribution < 1.29 is 4.74 Å². The Balaban J connectivity index is 1.97. The van der Waals surface area contributed by atoms with Gasteiger partial charge in [0.2, 0.25) is 0 Å². The van der Waals surface area contributed by atoms with Crippen LogP contribution in [0.3, 0.4) is 0 Å². The van der Waals surface area contributed by atoms with Crippen molar-refractivity contribution in [2.75, 3.05) is 13.2 Å². The molecule has 2 aliphatic rings. The molecule has 1 aliphatic heterocycles. The smallest absolute Gasteiger partial charge is 0.0685 e. The third kappa shape index (κ3) is 2.29. The summed E-state index contributed by atoms with van der Waals surface area (Å²) in [5.41, 5.74) is 6.01. The van der Waals surface area contributed by atoms with Crippen LogP contribution in [0.25, 0.3) is 0 Å². The van der Waals surface area contributed by atoms with E-state index >= 15 is 0 Å². The lowest BCUT2D eigenvalue weighted by Gasteiger charge is -2.40. The average molecular weight is 197 g/mol. The molecule has 1 aliphatic carbocycles. The molecule has 2 heteroatoms. The number of hydrogen-bond acceptors (Lipinski definition) is 2. The van der Waals surface area contributed by atoms with Gasteiger partial charge in [0.1, 0.15) is 0 Å². The van der Waals surface area contributed by atoms with E-state index in [1.165, 1.54) is 51.4 Å². The second kappa shape index (κ2) is 4.63. The van der Waals surface area contributed by atoms with Crippen LogP contribution in [0.4, 0.5) is 0 Å². The lowest BCUT2D eigenvalue weighted by Crippen LogP contribution is -2.41. The van der Waals surface area contributed by atoms with Crippen LogP contribution in [0.1, 0.15) is 51.4 Å². The van der Waals surface area contributed by atoms with Crippen LogP contribution in [-0.4, -0.2) is 18.8 Å². The van der Waals surface area contributed by atoms with Gasteiger partial charge >= 0.3 is 0 Å². The highest BCUT2D eigenvalue weighted by Crippen LogP contribution is 2.39. The highest BCUT2D eigenvalue weighted by Gasteiger charge is 2.36. The normalized spacial score (nSPS) is 32.8. The Bertz CT molecular complexity index is 173. The van der Waals surface area contributed by atoms with E-state index in [1.807, 2.05) is 0 Å². The monoisotopic (exact) mass is 197 g/mol. The number of ether oxygens (including phenoxy) is 1. The molecule has 2 N–H and O–H groups in total. The summed E-state index contributed by atoms with van der Waals surface area (Å²) in [5, 5.41) is 0. The van der Waals surface area contributed by atoms with Crippen LogP contribution >= 0.6 is 0 Å². The zero-order valence-corrected chi connectivity index (χ0v) is 9.13. The molecule has 2 fully saturated rings. The molecule has 2 rings (SSSR count). The van der Waals surface area contributed by atoms with Gasteiger partial charge in [0, 0.05) is 6.61 Å². The third-order valence-corrected chi connectivity index (χ3v) is 3.94. The standard InChI is InChI=1S/C12H23NO/c13-10-11-5-8-14-12(9-11)6-3-1-2-4-7-12/h11H,1-10,13H2. The Morgan fingerprint density at radius 3 is 2.50 bits per heavy atom. The van der Waals surface area contributed by atoms with E-state index in [9.17, 15) is 0 Å². The van der Waals surface area contributed by atoms with Gasteiger partial charge in [-0.05, 0) is 38.1 Å². The topological polar surface area (TPSA) is 35.2 Å². The molecule has 1 saturated heterocycles. The van der Waals surface area contributed by atoms with Crippen LogP contribution in [0.5, 0.6) is 0 Å². The van der Waals surface area contributed by atoms with Gasteiger partial charge in [-0.3, -0.25) is 0 Å². The van der Waals surface area contributed by atoms with Crippen molar-refractivity contribution in [2.24, 2.45) is 11.7 Å². The first-order chi connectivity index (χ1) is 6.85. The lowest BCUT2D eigenvalue weighted by molar-refractivity contribution is -0.104. The molecule has 0 radical (unpaired) electrons. The molecule has 1 spiro atoms. The molecular formula is C12H23NO. The Morgan fingerprint density at radius 2 is 1.86 bits per heavy atom. The zero-order valence-electron chi connectivity index (χ0n) is 9.13. The van der Waals surface area contributed by atoms with E-state index in [0.29, 0.717) is 0 Å². The Morgan fingerprint density at radius 1 is 1.14 bits per heavy atom. The van der Waals surface area contributed by atoms with Crippen molar-refractivity contribution in [3.05, 3.63) is 0 Å². The summed E-state index contributed by atoms with van der Waals surface area (Å²) in [6.45, 7) is 1.80. The fourth-order valence-electron chi connectivity index (χ4n) is 3.05. The third-order valence-electron chi connectivity index (χ3n) is 3.94. The van der Waals surface area contributed by atoms with Crippen molar-refractivity contribution in [1.82, 2.24) is 0 Å². The van der Waals surface area contributed by atoms with Crippen LogP contribution in [0.2, 0.25) is 0 Å². The summed E-state index contributed by atoms with van der Waals surface area (Å²) in [4.78, 5) is 0. The second-order valence-corrected chi connectivity index (χ2v) is 5.04. The summed E-state index contributed by atoms with van der Waals surface area (Å²) in [5.74, 6) is 0.724. The first kappa shape index (κ1) is 10.4. The van der Waals surface area contributed by atoms with Crippen LogP contribution < -0.4 is 5.73 Å². The average Bonchev–Trinajstić information content (AvgIpc) is 2.44. The summed E-state index contributed by atoms with van der Waals surface area (Å²) in [6, 6.07) is 0. The molecule has 0 aromatic heterocycles. The highest BCUT2D eigenvalue weighted by atomic mass is 16.5. The van der Waals surface area contributed by atoms with E-state index in [4.69, 9.17) is 10.5 Å². The van der Waals surface area contributed by atoms with E-state index in [2.05, 4.69) is 0 Å². The predicted molar refractivity (Wildman–Crippen MR) is 58.2 cm³/mol. The van der Waals surface area contributed by atoms with E-state index < -0.39 is 0 Å². The molecule has 2 nitrogen and oxygen atoms in total. The molecule has 1 atom stereocenters. The minimum atomic E-state index is 0.235. The van der Waals surface area contributed by atoms with E-state index in [0.717, 1.165) is 19.1 Å². The minimum absolute atomic E-state index is 0.235. The van der Waals surface area contributed by atoms with Gasteiger partial charge < -0.3 is 10.5 Å². The van der Waals surface area contributed by atoms with Gasteiger partial charge in [0.05, 0.1) is 5.60 Å². The Labute approximate surface area is 87.2 Å². The van der Waals surface area contributed by atoms with Gasteiger partial charge in [-0.1, -0.05) is 25.7 Å². The molecule has 0 aromatic rings. The fourth-order valence-corrected chi connectivity index (χ4v) is 3.05. The van der Waals surface area contributed by atoms with Crippen molar-refractivity contribution in [2.45, 2.75) is 57.0 Å². The van der Waals surface area contributed by atoms with E-state index in [-0.39, 0.29) is 5.60 Å². The maximum absolute atomic E-state index is 6.06. The lowest BCUT2D eigenvalue weighted by atomic mass is 9.81. The Kier molecular flexibility index (Phi) is 3.45. The largest absolute Gasteiger partial charge is 0.375 e. The maximum Gasteiger partial charge on any atom is 0.0685 e. The van der Waals surface area contributed by atoms with Crippen molar-refractivity contribution in [3.8, 4) is 0 Å². The molecule has 14 heavy (non-hydrogen) atoms. The molecule has 1 heterocycles. The maximum atomic E-state index is 6.06. The van der Waals surface area contributed by atoms with Gasteiger partial charge in [-0.15, -0.1) is 0 Å². The summed E-state index contributed by atoms with van der Waals surface area (Å²) in [6.07, 6.45) is 10.5. The molecule has 0 amide bonds. The summed E-state index contributed by atoms with van der Waals surface area (Å²) >= 11 is 0.